The number of nitrogens with zero attached hydrogens (tertiary/aromatic N) is 1. The maximum Gasteiger partial charge on any atom is 0.168 e. The van der Waals surface area contributed by atoms with E-state index in [2.05, 4.69) is 10.2 Å². The molecule has 21 heavy (non-hydrogen) atoms. The molecule has 0 spiro atoms. The molecule has 0 unspecified atom stereocenters. The van der Waals surface area contributed by atoms with Crippen molar-refractivity contribution in [3.63, 3.8) is 0 Å². The van der Waals surface area contributed by atoms with Crippen molar-refractivity contribution in [2.24, 2.45) is 0 Å². The number of fused-ring (bicyclic) bond motifs is 1. The maximum absolute atomic E-state index is 5.93. The Morgan fingerprint density at radius 2 is 2.00 bits per heavy atom. The van der Waals surface area contributed by atoms with E-state index in [4.69, 9.17) is 14.2 Å². The summed E-state index contributed by atoms with van der Waals surface area (Å²) in [4.78, 5) is 2.48. The predicted molar refractivity (Wildman–Crippen MR) is 81.6 cm³/mol. The minimum atomic E-state index is 0.709. The van der Waals surface area contributed by atoms with E-state index in [1.54, 1.807) is 7.11 Å². The third kappa shape index (κ3) is 3.41. The molecule has 2 aliphatic heterocycles. The van der Waals surface area contributed by atoms with Crippen LogP contribution >= 0.6 is 0 Å². The average molecular weight is 292 g/mol. The van der Waals surface area contributed by atoms with Crippen molar-refractivity contribution < 1.29 is 14.2 Å². The van der Waals surface area contributed by atoms with Crippen LogP contribution in [-0.2, 0) is 6.42 Å². The quantitative estimate of drug-likeness (QED) is 0.906. The second kappa shape index (κ2) is 7.00. The topological polar surface area (TPSA) is 43.0 Å². The van der Waals surface area contributed by atoms with E-state index >= 15 is 0 Å². The van der Waals surface area contributed by atoms with Crippen LogP contribution in [-0.4, -0.2) is 57.9 Å². The van der Waals surface area contributed by atoms with Gasteiger partial charge in [0, 0.05) is 44.7 Å². The molecule has 0 radical (unpaired) electrons. The van der Waals surface area contributed by atoms with E-state index in [1.165, 1.54) is 0 Å². The van der Waals surface area contributed by atoms with Crippen LogP contribution in [0.15, 0.2) is 12.1 Å². The molecular weight excluding hydrogens is 268 g/mol. The van der Waals surface area contributed by atoms with Crippen molar-refractivity contribution in [2.75, 3.05) is 53.0 Å². The van der Waals surface area contributed by atoms with E-state index in [0.29, 0.717) is 6.61 Å². The number of methoxy groups -OCH3 is 1. The van der Waals surface area contributed by atoms with Gasteiger partial charge in [-0.05, 0) is 18.6 Å². The molecule has 0 amide bonds. The molecule has 1 saturated heterocycles. The molecule has 0 saturated carbocycles. The van der Waals surface area contributed by atoms with E-state index < -0.39 is 0 Å². The Labute approximate surface area is 126 Å². The van der Waals surface area contributed by atoms with E-state index in [0.717, 1.165) is 75.0 Å². The zero-order valence-corrected chi connectivity index (χ0v) is 12.7. The fraction of sp³-hybridized carbons (Fsp3) is 0.625. The number of piperazine rings is 1. The lowest BCUT2D eigenvalue weighted by atomic mass is 10.1. The van der Waals surface area contributed by atoms with Crippen molar-refractivity contribution in [1.29, 1.82) is 0 Å². The van der Waals surface area contributed by atoms with Gasteiger partial charge in [-0.2, -0.15) is 0 Å². The van der Waals surface area contributed by atoms with Crippen LogP contribution in [0.25, 0.3) is 0 Å². The van der Waals surface area contributed by atoms with Gasteiger partial charge in [0.2, 0.25) is 0 Å². The third-order valence-electron chi connectivity index (χ3n) is 4.08. The van der Waals surface area contributed by atoms with Gasteiger partial charge in [-0.3, -0.25) is 0 Å². The number of nitrogens with one attached hydrogen (secondary N) is 1. The molecule has 0 aliphatic carbocycles. The molecule has 2 heterocycles. The fourth-order valence-corrected chi connectivity index (χ4v) is 2.91. The van der Waals surface area contributed by atoms with Crippen molar-refractivity contribution >= 4 is 0 Å². The van der Waals surface area contributed by atoms with Crippen molar-refractivity contribution in [3.8, 4) is 17.2 Å². The SMILES string of the molecule is COc1ccc2c(c1CCN1CCNCC1)OCCCO2. The summed E-state index contributed by atoms with van der Waals surface area (Å²) in [6.07, 6.45) is 1.85. The first kappa shape index (κ1) is 14.5. The summed E-state index contributed by atoms with van der Waals surface area (Å²) in [6.45, 7) is 6.81. The first-order chi connectivity index (χ1) is 10.4. The second-order valence-corrected chi connectivity index (χ2v) is 5.47. The van der Waals surface area contributed by atoms with E-state index in [9.17, 15) is 0 Å². The molecule has 1 aromatic rings. The molecule has 116 valence electrons. The van der Waals surface area contributed by atoms with E-state index in [-0.39, 0.29) is 0 Å². The lowest BCUT2D eigenvalue weighted by molar-refractivity contribution is 0.241. The number of rotatable bonds is 4. The number of hydrogen-bond donors (Lipinski definition) is 1. The fourth-order valence-electron chi connectivity index (χ4n) is 2.91. The Bertz CT molecular complexity index is 473. The van der Waals surface area contributed by atoms with Gasteiger partial charge in [0.25, 0.3) is 0 Å². The summed E-state index contributed by atoms with van der Waals surface area (Å²) in [6, 6.07) is 3.94. The molecule has 1 N–H and O–H groups in total. The van der Waals surface area contributed by atoms with Gasteiger partial charge in [0.1, 0.15) is 5.75 Å². The number of hydrogen-bond acceptors (Lipinski definition) is 5. The first-order valence-electron chi connectivity index (χ1n) is 7.77. The van der Waals surface area contributed by atoms with Crippen LogP contribution in [0.2, 0.25) is 0 Å². The molecule has 5 heteroatoms. The minimum Gasteiger partial charge on any atom is -0.496 e. The average Bonchev–Trinajstić information content (AvgIpc) is 2.79. The van der Waals surface area contributed by atoms with Gasteiger partial charge in [-0.25, -0.2) is 0 Å². The largest absolute Gasteiger partial charge is 0.496 e. The summed E-state index contributed by atoms with van der Waals surface area (Å²) < 4.78 is 17.2. The monoisotopic (exact) mass is 292 g/mol. The number of ether oxygens (including phenoxy) is 3. The molecule has 5 nitrogen and oxygen atoms in total. The highest BCUT2D eigenvalue weighted by molar-refractivity contribution is 5.54. The molecule has 1 fully saturated rings. The number of benzene rings is 1. The highest BCUT2D eigenvalue weighted by Crippen LogP contribution is 2.39. The Kier molecular flexibility index (Phi) is 4.83. The van der Waals surface area contributed by atoms with Crippen molar-refractivity contribution in [3.05, 3.63) is 17.7 Å². The first-order valence-corrected chi connectivity index (χ1v) is 7.77. The maximum atomic E-state index is 5.93. The highest BCUT2D eigenvalue weighted by Gasteiger charge is 2.20. The second-order valence-electron chi connectivity index (χ2n) is 5.47. The third-order valence-corrected chi connectivity index (χ3v) is 4.08. The summed E-state index contributed by atoms with van der Waals surface area (Å²) in [5, 5.41) is 3.38. The Hall–Kier alpha value is -1.46. The van der Waals surface area contributed by atoms with Crippen molar-refractivity contribution in [1.82, 2.24) is 10.2 Å². The van der Waals surface area contributed by atoms with Crippen LogP contribution < -0.4 is 19.5 Å². The Morgan fingerprint density at radius 3 is 2.81 bits per heavy atom. The van der Waals surface area contributed by atoms with Crippen LogP contribution in [0.3, 0.4) is 0 Å². The lowest BCUT2D eigenvalue weighted by Crippen LogP contribution is -2.44. The van der Waals surface area contributed by atoms with Crippen LogP contribution in [0.5, 0.6) is 17.2 Å². The molecule has 3 rings (SSSR count). The van der Waals surface area contributed by atoms with E-state index in [1.807, 2.05) is 12.1 Å². The molecule has 2 aliphatic rings. The molecule has 0 bridgehead atoms. The standard InChI is InChI=1S/C16H24N2O3/c1-19-14-3-4-15-16(21-12-2-11-20-15)13(14)5-8-18-9-6-17-7-10-18/h3-4,17H,2,5-12H2,1H3. The van der Waals surface area contributed by atoms with Crippen LogP contribution in [0.4, 0.5) is 0 Å². The van der Waals surface area contributed by atoms with Gasteiger partial charge in [0.05, 0.1) is 20.3 Å². The Morgan fingerprint density at radius 1 is 1.19 bits per heavy atom. The smallest absolute Gasteiger partial charge is 0.168 e. The van der Waals surface area contributed by atoms with Crippen LogP contribution in [0.1, 0.15) is 12.0 Å². The summed E-state index contributed by atoms with van der Waals surface area (Å²) in [7, 11) is 1.72. The highest BCUT2D eigenvalue weighted by atomic mass is 16.5. The van der Waals surface area contributed by atoms with Crippen molar-refractivity contribution in [2.45, 2.75) is 12.8 Å². The molecular formula is C16H24N2O3. The van der Waals surface area contributed by atoms with Gasteiger partial charge >= 0.3 is 0 Å². The summed E-state index contributed by atoms with van der Waals surface area (Å²) in [5.41, 5.74) is 1.13. The zero-order chi connectivity index (χ0) is 14.5. The summed E-state index contributed by atoms with van der Waals surface area (Å²) in [5.74, 6) is 2.62. The van der Waals surface area contributed by atoms with Gasteiger partial charge in [0.15, 0.2) is 11.5 Å². The Balaban J connectivity index is 1.77. The predicted octanol–water partition coefficient (Wildman–Crippen LogP) is 1.30. The normalized spacial score (nSPS) is 19.1. The van der Waals surface area contributed by atoms with Gasteiger partial charge in [-0.1, -0.05) is 0 Å². The van der Waals surface area contributed by atoms with Gasteiger partial charge < -0.3 is 24.4 Å². The minimum absolute atomic E-state index is 0.709. The summed E-state index contributed by atoms with van der Waals surface area (Å²) >= 11 is 0. The van der Waals surface area contributed by atoms with Crippen LogP contribution in [0, 0.1) is 0 Å². The lowest BCUT2D eigenvalue weighted by Gasteiger charge is -2.27. The molecule has 0 aromatic heterocycles. The molecule has 1 aromatic carbocycles. The van der Waals surface area contributed by atoms with Gasteiger partial charge in [-0.15, -0.1) is 0 Å². The molecule has 0 atom stereocenters. The zero-order valence-electron chi connectivity index (χ0n) is 12.7.